The van der Waals surface area contributed by atoms with E-state index in [2.05, 4.69) is 5.32 Å². The largest absolute Gasteiger partial charge is 0.353 e. The van der Waals surface area contributed by atoms with E-state index in [1.54, 1.807) is 0 Å². The monoisotopic (exact) mass is 278 g/mol. The molecule has 0 unspecified atom stereocenters. The summed E-state index contributed by atoms with van der Waals surface area (Å²) in [7, 11) is 0. The molecule has 1 saturated heterocycles. The van der Waals surface area contributed by atoms with Crippen molar-refractivity contribution in [2.45, 2.75) is 76.3 Å². The number of amides is 2. The van der Waals surface area contributed by atoms with Crippen LogP contribution in [0.3, 0.4) is 0 Å². The molecule has 0 spiro atoms. The molecule has 0 radical (unpaired) electrons. The molecule has 20 heavy (non-hydrogen) atoms. The van der Waals surface area contributed by atoms with Crippen molar-refractivity contribution in [3.8, 4) is 0 Å². The topological polar surface area (TPSA) is 49.4 Å². The second-order valence-electron chi connectivity index (χ2n) is 6.73. The SMILES string of the molecule is O=C(NC1CCCCC1)[C@H]1CC(=O)N(C2CCCC2)C1. The van der Waals surface area contributed by atoms with Crippen LogP contribution in [-0.2, 0) is 9.59 Å². The van der Waals surface area contributed by atoms with Crippen molar-refractivity contribution in [1.82, 2.24) is 10.2 Å². The van der Waals surface area contributed by atoms with Crippen LogP contribution in [0.25, 0.3) is 0 Å². The molecule has 3 aliphatic rings. The number of carbonyl (C=O) groups is 2. The molecule has 3 rings (SSSR count). The lowest BCUT2D eigenvalue weighted by Gasteiger charge is -2.25. The minimum absolute atomic E-state index is 0.106. The summed E-state index contributed by atoms with van der Waals surface area (Å²) >= 11 is 0. The Morgan fingerprint density at radius 2 is 1.65 bits per heavy atom. The van der Waals surface area contributed by atoms with Gasteiger partial charge in [-0.3, -0.25) is 9.59 Å². The van der Waals surface area contributed by atoms with Gasteiger partial charge < -0.3 is 10.2 Å². The summed E-state index contributed by atoms with van der Waals surface area (Å²) in [6.45, 7) is 0.655. The van der Waals surface area contributed by atoms with E-state index in [1.165, 1.54) is 32.1 Å². The first-order chi connectivity index (χ1) is 9.74. The zero-order valence-electron chi connectivity index (χ0n) is 12.3. The number of hydrogen-bond donors (Lipinski definition) is 1. The molecule has 0 bridgehead atoms. The minimum atomic E-state index is -0.106. The van der Waals surface area contributed by atoms with E-state index in [0.717, 1.165) is 25.7 Å². The van der Waals surface area contributed by atoms with Crippen LogP contribution in [0.4, 0.5) is 0 Å². The number of rotatable bonds is 3. The number of nitrogens with zero attached hydrogens (tertiary/aromatic N) is 1. The summed E-state index contributed by atoms with van der Waals surface area (Å²) in [6, 6.07) is 0.766. The number of hydrogen-bond acceptors (Lipinski definition) is 2. The molecule has 0 aromatic carbocycles. The molecule has 2 amide bonds. The lowest BCUT2D eigenvalue weighted by molar-refractivity contribution is -0.130. The Bertz CT molecular complexity index is 371. The Hall–Kier alpha value is -1.06. The minimum Gasteiger partial charge on any atom is -0.353 e. The average molecular weight is 278 g/mol. The third-order valence-electron chi connectivity index (χ3n) is 5.25. The molecule has 1 atom stereocenters. The first-order valence-corrected chi connectivity index (χ1v) is 8.34. The van der Waals surface area contributed by atoms with Gasteiger partial charge in [0.15, 0.2) is 0 Å². The Balaban J connectivity index is 1.52. The molecule has 4 nitrogen and oxygen atoms in total. The van der Waals surface area contributed by atoms with Gasteiger partial charge in [0.1, 0.15) is 0 Å². The Labute approximate surface area is 121 Å². The number of carbonyl (C=O) groups excluding carboxylic acids is 2. The van der Waals surface area contributed by atoms with Crippen LogP contribution in [0.2, 0.25) is 0 Å². The van der Waals surface area contributed by atoms with Gasteiger partial charge in [0, 0.05) is 25.0 Å². The summed E-state index contributed by atoms with van der Waals surface area (Å²) in [5.74, 6) is 0.205. The fraction of sp³-hybridized carbons (Fsp3) is 0.875. The van der Waals surface area contributed by atoms with Crippen molar-refractivity contribution in [3.05, 3.63) is 0 Å². The predicted molar refractivity (Wildman–Crippen MR) is 77.1 cm³/mol. The number of likely N-dealkylation sites (tertiary alicyclic amines) is 1. The molecular weight excluding hydrogens is 252 g/mol. The zero-order chi connectivity index (χ0) is 13.9. The summed E-state index contributed by atoms with van der Waals surface area (Å²) in [5, 5.41) is 3.17. The van der Waals surface area contributed by atoms with Crippen molar-refractivity contribution in [2.24, 2.45) is 5.92 Å². The molecule has 3 fully saturated rings. The predicted octanol–water partition coefficient (Wildman–Crippen LogP) is 2.23. The van der Waals surface area contributed by atoms with E-state index in [4.69, 9.17) is 0 Å². The van der Waals surface area contributed by atoms with Crippen molar-refractivity contribution in [1.29, 1.82) is 0 Å². The van der Waals surface area contributed by atoms with Crippen molar-refractivity contribution >= 4 is 11.8 Å². The number of nitrogens with one attached hydrogen (secondary N) is 1. The van der Waals surface area contributed by atoms with E-state index in [0.29, 0.717) is 25.0 Å². The van der Waals surface area contributed by atoms with Crippen LogP contribution in [-0.4, -0.2) is 35.3 Å². The van der Waals surface area contributed by atoms with Gasteiger partial charge in [-0.25, -0.2) is 0 Å². The van der Waals surface area contributed by atoms with E-state index in [1.807, 2.05) is 4.90 Å². The molecule has 112 valence electrons. The van der Waals surface area contributed by atoms with Crippen LogP contribution in [0.5, 0.6) is 0 Å². The second kappa shape index (κ2) is 6.15. The maximum atomic E-state index is 12.3. The third kappa shape index (κ3) is 2.99. The highest BCUT2D eigenvalue weighted by molar-refractivity contribution is 5.89. The van der Waals surface area contributed by atoms with Crippen LogP contribution in [0.15, 0.2) is 0 Å². The van der Waals surface area contributed by atoms with E-state index in [9.17, 15) is 9.59 Å². The lowest BCUT2D eigenvalue weighted by atomic mass is 9.95. The van der Waals surface area contributed by atoms with Gasteiger partial charge in [0.05, 0.1) is 5.92 Å². The quantitative estimate of drug-likeness (QED) is 0.860. The lowest BCUT2D eigenvalue weighted by Crippen LogP contribution is -2.41. The van der Waals surface area contributed by atoms with Crippen molar-refractivity contribution in [3.63, 3.8) is 0 Å². The van der Waals surface area contributed by atoms with Gasteiger partial charge in [-0.2, -0.15) is 0 Å². The Kier molecular flexibility index (Phi) is 4.27. The molecule has 1 N–H and O–H groups in total. The highest BCUT2D eigenvalue weighted by Gasteiger charge is 2.39. The molecule has 4 heteroatoms. The summed E-state index contributed by atoms with van der Waals surface area (Å²) in [6.07, 6.45) is 11.1. The second-order valence-corrected chi connectivity index (χ2v) is 6.73. The van der Waals surface area contributed by atoms with Gasteiger partial charge in [0.2, 0.25) is 11.8 Å². The van der Waals surface area contributed by atoms with Crippen LogP contribution in [0, 0.1) is 5.92 Å². The zero-order valence-corrected chi connectivity index (χ0v) is 12.3. The fourth-order valence-corrected chi connectivity index (χ4v) is 4.04. The highest BCUT2D eigenvalue weighted by atomic mass is 16.2. The van der Waals surface area contributed by atoms with E-state index in [-0.39, 0.29) is 17.7 Å². The van der Waals surface area contributed by atoms with E-state index >= 15 is 0 Å². The van der Waals surface area contributed by atoms with Crippen LogP contribution >= 0.6 is 0 Å². The summed E-state index contributed by atoms with van der Waals surface area (Å²) < 4.78 is 0. The maximum absolute atomic E-state index is 12.3. The Morgan fingerprint density at radius 3 is 2.35 bits per heavy atom. The van der Waals surface area contributed by atoms with Crippen LogP contribution in [0.1, 0.15) is 64.2 Å². The van der Waals surface area contributed by atoms with Gasteiger partial charge >= 0.3 is 0 Å². The molecular formula is C16H26N2O2. The average Bonchev–Trinajstić information content (AvgIpc) is 3.08. The normalized spacial score (nSPS) is 29.1. The molecule has 1 heterocycles. The van der Waals surface area contributed by atoms with Crippen molar-refractivity contribution in [2.75, 3.05) is 6.54 Å². The van der Waals surface area contributed by atoms with E-state index < -0.39 is 0 Å². The smallest absolute Gasteiger partial charge is 0.225 e. The highest BCUT2D eigenvalue weighted by Crippen LogP contribution is 2.29. The third-order valence-corrected chi connectivity index (χ3v) is 5.25. The Morgan fingerprint density at radius 1 is 1.00 bits per heavy atom. The van der Waals surface area contributed by atoms with Crippen LogP contribution < -0.4 is 5.32 Å². The first kappa shape index (κ1) is 13.9. The fourth-order valence-electron chi connectivity index (χ4n) is 4.04. The summed E-state index contributed by atoms with van der Waals surface area (Å²) in [4.78, 5) is 26.4. The van der Waals surface area contributed by atoms with Gasteiger partial charge in [0.25, 0.3) is 0 Å². The van der Waals surface area contributed by atoms with Crippen molar-refractivity contribution < 1.29 is 9.59 Å². The van der Waals surface area contributed by atoms with Gasteiger partial charge in [-0.1, -0.05) is 32.1 Å². The standard InChI is InChI=1S/C16H26N2O2/c19-15-10-12(11-18(15)14-8-4-5-9-14)16(20)17-13-6-2-1-3-7-13/h12-14H,1-11H2,(H,17,20)/t12-/m0/s1. The molecule has 2 aliphatic carbocycles. The summed E-state index contributed by atoms with van der Waals surface area (Å²) in [5.41, 5.74) is 0. The maximum Gasteiger partial charge on any atom is 0.225 e. The molecule has 0 aromatic heterocycles. The van der Waals surface area contributed by atoms with Gasteiger partial charge in [-0.15, -0.1) is 0 Å². The van der Waals surface area contributed by atoms with Gasteiger partial charge in [-0.05, 0) is 25.7 Å². The first-order valence-electron chi connectivity index (χ1n) is 8.34. The molecule has 2 saturated carbocycles. The molecule has 1 aliphatic heterocycles. The molecule has 0 aromatic rings.